The molecule has 130 valence electrons. The Morgan fingerprint density at radius 2 is 1.84 bits per heavy atom. The Kier molecular flexibility index (Phi) is 4.71. The zero-order chi connectivity index (χ0) is 18.0. The van der Waals surface area contributed by atoms with Gasteiger partial charge in [0.2, 0.25) is 0 Å². The van der Waals surface area contributed by atoms with Gasteiger partial charge in [0, 0.05) is 16.6 Å². The summed E-state index contributed by atoms with van der Waals surface area (Å²) >= 11 is 3.14. The fourth-order valence-corrected chi connectivity index (χ4v) is 2.44. The molecule has 0 aliphatic carbocycles. The molecule has 5 nitrogen and oxygen atoms in total. The topological polar surface area (TPSA) is 55.6 Å². The molecule has 0 saturated carbocycles. The van der Waals surface area contributed by atoms with Crippen molar-refractivity contribution in [2.24, 2.45) is 0 Å². The van der Waals surface area contributed by atoms with Crippen LogP contribution in [0.5, 0.6) is 0 Å². The number of nitrogens with zero attached hydrogens (tertiary/aromatic N) is 4. The molecular weight excluding hydrogens is 406 g/mol. The Morgan fingerprint density at radius 3 is 2.48 bits per heavy atom. The number of aromatic nitrogens is 4. The van der Waals surface area contributed by atoms with Gasteiger partial charge in [-0.15, -0.1) is 4.80 Å². The molecule has 1 N–H and O–H groups in total. The molecule has 0 radical (unpaired) electrons. The van der Waals surface area contributed by atoms with E-state index in [9.17, 15) is 17.6 Å². The second-order valence-electron chi connectivity index (χ2n) is 5.00. The average molecular weight is 416 g/mol. The summed E-state index contributed by atoms with van der Waals surface area (Å²) < 4.78 is 54.2. The number of pyridine rings is 1. The molecule has 2 aromatic heterocycles. The van der Waals surface area contributed by atoms with Crippen LogP contribution in [0, 0.1) is 5.82 Å². The Hall–Kier alpha value is -2.49. The van der Waals surface area contributed by atoms with Crippen molar-refractivity contribution in [3.8, 4) is 5.82 Å². The van der Waals surface area contributed by atoms with Gasteiger partial charge >= 0.3 is 6.18 Å². The average Bonchev–Trinajstić information content (AvgIpc) is 3.07. The monoisotopic (exact) mass is 415 g/mol. The van der Waals surface area contributed by atoms with Crippen LogP contribution in [0.15, 0.2) is 47.3 Å². The van der Waals surface area contributed by atoms with Crippen LogP contribution >= 0.6 is 15.9 Å². The standard InChI is InChI=1S/C15H10BrF4N5/c16-10-2-1-9(13(17)5-10)7-21-11-6-12(15(18,19)20)14(22-8-11)25-23-3-4-24-25/h1-6,8,21H,7H2. The first-order valence-electron chi connectivity index (χ1n) is 6.96. The molecule has 1 aromatic carbocycles. The summed E-state index contributed by atoms with van der Waals surface area (Å²) in [4.78, 5) is 4.58. The number of hydrogen-bond acceptors (Lipinski definition) is 4. The molecule has 0 spiro atoms. The molecule has 2 heterocycles. The van der Waals surface area contributed by atoms with Crippen molar-refractivity contribution in [2.75, 3.05) is 5.32 Å². The van der Waals surface area contributed by atoms with E-state index in [1.807, 2.05) is 0 Å². The van der Waals surface area contributed by atoms with E-state index < -0.39 is 23.4 Å². The van der Waals surface area contributed by atoms with E-state index in [-0.39, 0.29) is 12.2 Å². The molecule has 0 fully saturated rings. The summed E-state index contributed by atoms with van der Waals surface area (Å²) in [7, 11) is 0. The van der Waals surface area contributed by atoms with Gasteiger partial charge in [0.1, 0.15) is 11.4 Å². The van der Waals surface area contributed by atoms with Gasteiger partial charge in [-0.25, -0.2) is 9.37 Å². The maximum atomic E-state index is 13.8. The molecule has 0 atom stereocenters. The van der Waals surface area contributed by atoms with Gasteiger partial charge in [-0.2, -0.15) is 23.4 Å². The molecule has 10 heteroatoms. The molecule has 0 aliphatic heterocycles. The van der Waals surface area contributed by atoms with Crippen LogP contribution in [-0.4, -0.2) is 20.0 Å². The van der Waals surface area contributed by atoms with Crippen LogP contribution in [0.25, 0.3) is 5.82 Å². The first-order valence-corrected chi connectivity index (χ1v) is 7.75. The Balaban J connectivity index is 1.88. The molecule has 0 unspecified atom stereocenters. The summed E-state index contributed by atoms with van der Waals surface area (Å²) in [5.41, 5.74) is -0.579. The molecule has 0 amide bonds. The zero-order valence-corrected chi connectivity index (χ0v) is 14.0. The number of benzene rings is 1. The van der Waals surface area contributed by atoms with Crippen molar-refractivity contribution >= 4 is 21.6 Å². The van der Waals surface area contributed by atoms with E-state index in [1.54, 1.807) is 6.07 Å². The van der Waals surface area contributed by atoms with Crippen molar-refractivity contribution < 1.29 is 17.6 Å². The first kappa shape index (κ1) is 17.3. The maximum absolute atomic E-state index is 13.8. The van der Waals surface area contributed by atoms with Crippen molar-refractivity contribution in [1.82, 2.24) is 20.0 Å². The second kappa shape index (κ2) is 6.79. The Morgan fingerprint density at radius 1 is 1.12 bits per heavy atom. The van der Waals surface area contributed by atoms with Crippen LogP contribution in [0.4, 0.5) is 23.2 Å². The lowest BCUT2D eigenvalue weighted by molar-refractivity contribution is -0.137. The lowest BCUT2D eigenvalue weighted by Gasteiger charge is -2.14. The SMILES string of the molecule is Fc1cc(Br)ccc1CNc1cnc(-n2nccn2)c(C(F)(F)F)c1. The van der Waals surface area contributed by atoms with Gasteiger partial charge in [-0.3, -0.25) is 0 Å². The van der Waals surface area contributed by atoms with Crippen LogP contribution in [0.1, 0.15) is 11.1 Å². The Labute approximate surface area is 147 Å². The lowest BCUT2D eigenvalue weighted by atomic mass is 10.2. The number of hydrogen-bond donors (Lipinski definition) is 1. The smallest absolute Gasteiger partial charge is 0.380 e. The van der Waals surface area contributed by atoms with E-state index >= 15 is 0 Å². The van der Waals surface area contributed by atoms with Gasteiger partial charge in [0.15, 0.2) is 5.82 Å². The summed E-state index contributed by atoms with van der Waals surface area (Å²) in [6.45, 7) is 0.0114. The van der Waals surface area contributed by atoms with E-state index in [1.165, 1.54) is 30.7 Å². The van der Waals surface area contributed by atoms with Gasteiger partial charge in [0.25, 0.3) is 0 Å². The maximum Gasteiger partial charge on any atom is 0.420 e. The minimum atomic E-state index is -4.64. The van der Waals surface area contributed by atoms with E-state index in [4.69, 9.17) is 0 Å². The number of halogens is 5. The second-order valence-corrected chi connectivity index (χ2v) is 5.92. The minimum absolute atomic E-state index is 0.0114. The largest absolute Gasteiger partial charge is 0.420 e. The third-order valence-corrected chi connectivity index (χ3v) is 3.77. The zero-order valence-electron chi connectivity index (χ0n) is 12.4. The van der Waals surface area contributed by atoms with Gasteiger partial charge < -0.3 is 5.32 Å². The molecule has 25 heavy (non-hydrogen) atoms. The molecular formula is C15H10BrF4N5. The molecule has 0 aliphatic rings. The van der Waals surface area contributed by atoms with Crippen LogP contribution in [-0.2, 0) is 12.7 Å². The number of rotatable bonds is 4. The minimum Gasteiger partial charge on any atom is -0.380 e. The highest BCUT2D eigenvalue weighted by Crippen LogP contribution is 2.34. The number of anilines is 1. The fraction of sp³-hybridized carbons (Fsp3) is 0.133. The highest BCUT2D eigenvalue weighted by Gasteiger charge is 2.36. The third-order valence-electron chi connectivity index (χ3n) is 3.28. The Bertz CT molecular complexity index is 880. The van der Waals surface area contributed by atoms with E-state index in [0.717, 1.165) is 10.9 Å². The predicted octanol–water partition coefficient (Wildman–Crippen LogP) is 4.19. The highest BCUT2D eigenvalue weighted by molar-refractivity contribution is 9.10. The molecule has 0 saturated heterocycles. The van der Waals surface area contributed by atoms with Gasteiger partial charge in [-0.05, 0) is 18.2 Å². The molecule has 3 rings (SSSR count). The van der Waals surface area contributed by atoms with Crippen LogP contribution in [0.2, 0.25) is 0 Å². The lowest BCUT2D eigenvalue weighted by Crippen LogP contribution is -2.15. The van der Waals surface area contributed by atoms with E-state index in [0.29, 0.717) is 10.0 Å². The van der Waals surface area contributed by atoms with Crippen molar-refractivity contribution in [3.63, 3.8) is 0 Å². The summed E-state index contributed by atoms with van der Waals surface area (Å²) in [6.07, 6.45) is -0.921. The quantitative estimate of drug-likeness (QED) is 0.649. The van der Waals surface area contributed by atoms with E-state index in [2.05, 4.69) is 36.4 Å². The predicted molar refractivity (Wildman–Crippen MR) is 85.6 cm³/mol. The van der Waals surface area contributed by atoms with Crippen molar-refractivity contribution in [3.05, 3.63) is 64.3 Å². The summed E-state index contributed by atoms with van der Waals surface area (Å²) in [5.74, 6) is -0.902. The van der Waals surface area contributed by atoms with Gasteiger partial charge in [-0.1, -0.05) is 22.0 Å². The highest BCUT2D eigenvalue weighted by atomic mass is 79.9. The molecule has 3 aromatic rings. The van der Waals surface area contributed by atoms with Crippen LogP contribution in [0.3, 0.4) is 0 Å². The normalized spacial score (nSPS) is 11.6. The van der Waals surface area contributed by atoms with Crippen molar-refractivity contribution in [1.29, 1.82) is 0 Å². The van der Waals surface area contributed by atoms with Crippen LogP contribution < -0.4 is 5.32 Å². The molecule has 0 bridgehead atoms. The summed E-state index contributed by atoms with van der Waals surface area (Å²) in [6, 6.07) is 5.35. The first-order chi connectivity index (χ1) is 11.8. The number of alkyl halides is 3. The third kappa shape index (κ3) is 3.95. The van der Waals surface area contributed by atoms with Crippen molar-refractivity contribution in [2.45, 2.75) is 12.7 Å². The number of nitrogens with one attached hydrogen (secondary N) is 1. The van der Waals surface area contributed by atoms with Gasteiger partial charge in [0.05, 0.1) is 24.3 Å². The summed E-state index contributed by atoms with van der Waals surface area (Å²) in [5, 5.41) is 10.1. The fourth-order valence-electron chi connectivity index (χ4n) is 2.11.